The van der Waals surface area contributed by atoms with E-state index in [1.807, 2.05) is 12.1 Å². The monoisotopic (exact) mass is 382 g/mol. The van der Waals surface area contributed by atoms with Crippen molar-refractivity contribution >= 4 is 16.9 Å². The molecule has 3 N–H and O–H groups in total. The molecule has 0 aliphatic carbocycles. The Labute approximate surface area is 160 Å². The minimum Gasteiger partial charge on any atom is -0.468 e. The number of benzene rings is 1. The van der Waals surface area contributed by atoms with E-state index in [9.17, 15) is 14.4 Å². The van der Waals surface area contributed by atoms with E-state index in [-0.39, 0.29) is 11.9 Å². The highest BCUT2D eigenvalue weighted by atomic mass is 16.3. The van der Waals surface area contributed by atoms with Gasteiger partial charge in [0.25, 0.3) is 5.91 Å². The summed E-state index contributed by atoms with van der Waals surface area (Å²) in [6, 6.07) is 8.56. The zero-order chi connectivity index (χ0) is 19.5. The van der Waals surface area contributed by atoms with Gasteiger partial charge < -0.3 is 19.7 Å². The highest BCUT2D eigenvalue weighted by Crippen LogP contribution is 2.24. The van der Waals surface area contributed by atoms with Crippen LogP contribution in [-0.2, 0) is 0 Å². The number of likely N-dealkylation sites (tertiary alicyclic amines) is 1. The van der Waals surface area contributed by atoms with Gasteiger partial charge in [-0.3, -0.25) is 19.3 Å². The van der Waals surface area contributed by atoms with E-state index >= 15 is 0 Å². The number of H-pyrrole nitrogens is 2. The van der Waals surface area contributed by atoms with Crippen LogP contribution < -0.4 is 16.4 Å². The van der Waals surface area contributed by atoms with Gasteiger partial charge in [-0.15, -0.1) is 0 Å². The fraction of sp³-hybridized carbons (Fsp3) is 0.350. The summed E-state index contributed by atoms with van der Waals surface area (Å²) in [6.45, 7) is 2.38. The van der Waals surface area contributed by atoms with Crippen LogP contribution in [0.2, 0.25) is 0 Å². The third-order valence-corrected chi connectivity index (χ3v) is 5.14. The van der Waals surface area contributed by atoms with Crippen molar-refractivity contribution in [3.05, 3.63) is 68.6 Å². The van der Waals surface area contributed by atoms with E-state index in [4.69, 9.17) is 4.42 Å². The summed E-state index contributed by atoms with van der Waals surface area (Å²) in [5.41, 5.74) is -0.161. The van der Waals surface area contributed by atoms with Crippen molar-refractivity contribution in [3.8, 4) is 0 Å². The Morgan fingerprint density at radius 3 is 2.54 bits per heavy atom. The van der Waals surface area contributed by atoms with Crippen molar-refractivity contribution in [2.45, 2.75) is 25.3 Å². The second-order valence-corrected chi connectivity index (χ2v) is 7.01. The molecule has 0 saturated carbocycles. The van der Waals surface area contributed by atoms with Crippen molar-refractivity contribution in [2.75, 3.05) is 19.6 Å². The molecule has 0 bridgehead atoms. The van der Waals surface area contributed by atoms with E-state index in [0.717, 1.165) is 31.7 Å². The predicted molar refractivity (Wildman–Crippen MR) is 104 cm³/mol. The van der Waals surface area contributed by atoms with Crippen LogP contribution in [0.5, 0.6) is 0 Å². The number of furan rings is 1. The van der Waals surface area contributed by atoms with Gasteiger partial charge in [0.2, 0.25) is 0 Å². The van der Waals surface area contributed by atoms with Crippen molar-refractivity contribution in [3.63, 3.8) is 0 Å². The molecule has 1 fully saturated rings. The highest BCUT2D eigenvalue weighted by molar-refractivity contribution is 5.97. The van der Waals surface area contributed by atoms with Crippen LogP contribution in [-0.4, -0.2) is 40.4 Å². The van der Waals surface area contributed by atoms with Crippen LogP contribution in [0.25, 0.3) is 11.0 Å². The SMILES string of the molecule is O=C(NCC(c1ccco1)N1CCCCC1)c1ccc2[nH]c(=O)c(=O)[nH]c2c1. The van der Waals surface area contributed by atoms with E-state index in [0.29, 0.717) is 23.1 Å². The van der Waals surface area contributed by atoms with Crippen molar-refractivity contribution in [1.29, 1.82) is 0 Å². The first kappa shape index (κ1) is 18.2. The Hall–Kier alpha value is -3.13. The van der Waals surface area contributed by atoms with Gasteiger partial charge in [-0.2, -0.15) is 0 Å². The third-order valence-electron chi connectivity index (χ3n) is 5.14. The summed E-state index contributed by atoms with van der Waals surface area (Å²) in [5, 5.41) is 2.97. The number of rotatable bonds is 5. The molecule has 2 aromatic heterocycles. The number of hydrogen-bond acceptors (Lipinski definition) is 5. The van der Waals surface area contributed by atoms with Crippen molar-refractivity contribution in [2.24, 2.45) is 0 Å². The maximum absolute atomic E-state index is 12.7. The van der Waals surface area contributed by atoms with Crippen molar-refractivity contribution < 1.29 is 9.21 Å². The first-order valence-electron chi connectivity index (χ1n) is 9.44. The predicted octanol–water partition coefficient (Wildman–Crippen LogP) is 1.77. The van der Waals surface area contributed by atoms with Crippen LogP contribution in [0.4, 0.5) is 0 Å². The molecule has 1 unspecified atom stereocenters. The van der Waals surface area contributed by atoms with Crippen LogP contribution in [0.1, 0.15) is 41.4 Å². The molecule has 0 spiro atoms. The van der Waals surface area contributed by atoms with Gasteiger partial charge in [0.15, 0.2) is 0 Å². The summed E-state index contributed by atoms with van der Waals surface area (Å²) in [6.07, 6.45) is 5.16. The molecule has 1 aliphatic heterocycles. The third kappa shape index (κ3) is 3.77. The zero-order valence-electron chi connectivity index (χ0n) is 15.4. The van der Waals surface area contributed by atoms with E-state index < -0.39 is 11.1 Å². The number of carbonyl (C=O) groups excluding carboxylic acids is 1. The molecule has 8 nitrogen and oxygen atoms in total. The summed E-state index contributed by atoms with van der Waals surface area (Å²) >= 11 is 0. The molecular weight excluding hydrogens is 360 g/mol. The number of nitrogens with zero attached hydrogens (tertiary/aromatic N) is 1. The largest absolute Gasteiger partial charge is 0.468 e. The Kier molecular flexibility index (Phi) is 5.12. The quantitative estimate of drug-likeness (QED) is 0.583. The fourth-order valence-electron chi connectivity index (χ4n) is 3.67. The van der Waals surface area contributed by atoms with E-state index in [1.54, 1.807) is 24.5 Å². The Bertz CT molecular complexity index is 1080. The summed E-state index contributed by atoms with van der Waals surface area (Å²) in [4.78, 5) is 42.9. The molecule has 0 radical (unpaired) electrons. The Morgan fingerprint density at radius 1 is 1.07 bits per heavy atom. The summed E-state index contributed by atoms with van der Waals surface area (Å²) < 4.78 is 5.60. The lowest BCUT2D eigenvalue weighted by molar-refractivity contribution is 0.0914. The number of fused-ring (bicyclic) bond motifs is 1. The maximum atomic E-state index is 12.7. The van der Waals surface area contributed by atoms with Gasteiger partial charge in [0.1, 0.15) is 5.76 Å². The number of amides is 1. The maximum Gasteiger partial charge on any atom is 0.314 e. The molecule has 1 saturated heterocycles. The number of nitrogens with one attached hydrogen (secondary N) is 3. The Morgan fingerprint density at radius 2 is 1.82 bits per heavy atom. The van der Waals surface area contributed by atoms with Gasteiger partial charge in [-0.1, -0.05) is 6.42 Å². The first-order chi connectivity index (χ1) is 13.6. The van der Waals surface area contributed by atoms with Crippen LogP contribution in [0, 0.1) is 0 Å². The molecule has 4 rings (SSSR count). The normalized spacial score (nSPS) is 16.1. The molecule has 8 heteroatoms. The number of carbonyl (C=O) groups is 1. The zero-order valence-corrected chi connectivity index (χ0v) is 15.4. The number of aromatic amines is 2. The molecule has 3 aromatic rings. The van der Waals surface area contributed by atoms with E-state index in [2.05, 4.69) is 20.2 Å². The van der Waals surface area contributed by atoms with Crippen LogP contribution in [0.3, 0.4) is 0 Å². The smallest absolute Gasteiger partial charge is 0.314 e. The van der Waals surface area contributed by atoms with Gasteiger partial charge in [0.05, 0.1) is 23.3 Å². The number of piperidine rings is 1. The summed E-state index contributed by atoms with van der Waals surface area (Å²) in [7, 11) is 0. The number of hydrogen-bond donors (Lipinski definition) is 3. The topological polar surface area (TPSA) is 111 Å². The Balaban J connectivity index is 1.51. The molecule has 1 aromatic carbocycles. The van der Waals surface area contributed by atoms with Gasteiger partial charge in [-0.05, 0) is 56.3 Å². The second kappa shape index (κ2) is 7.85. The lowest BCUT2D eigenvalue weighted by Gasteiger charge is -2.33. The van der Waals surface area contributed by atoms with Gasteiger partial charge in [0, 0.05) is 12.1 Å². The highest BCUT2D eigenvalue weighted by Gasteiger charge is 2.25. The molecule has 28 heavy (non-hydrogen) atoms. The second-order valence-electron chi connectivity index (χ2n) is 7.01. The van der Waals surface area contributed by atoms with Crippen molar-refractivity contribution in [1.82, 2.24) is 20.2 Å². The standard InChI is InChI=1S/C20H22N4O4/c25-18(13-6-7-14-15(11-13)23-20(27)19(26)22-14)21-12-16(17-5-4-10-28-17)24-8-2-1-3-9-24/h4-7,10-11,16H,1-3,8-9,12H2,(H,21,25)(H,22,26)(H,23,27). The molecule has 1 aliphatic rings. The van der Waals surface area contributed by atoms with E-state index in [1.165, 1.54) is 6.42 Å². The number of aromatic nitrogens is 2. The molecule has 1 atom stereocenters. The summed E-state index contributed by atoms with van der Waals surface area (Å²) in [5.74, 6) is 0.588. The van der Waals surface area contributed by atoms with Gasteiger partial charge >= 0.3 is 11.1 Å². The van der Waals surface area contributed by atoms with Crippen LogP contribution in [0.15, 0.2) is 50.6 Å². The minimum atomic E-state index is -0.743. The average Bonchev–Trinajstić information content (AvgIpc) is 3.24. The molecule has 1 amide bonds. The molecular formula is C20H22N4O4. The average molecular weight is 382 g/mol. The van der Waals surface area contributed by atoms with Crippen LogP contribution >= 0.6 is 0 Å². The lowest BCUT2D eigenvalue weighted by atomic mass is 10.1. The minimum absolute atomic E-state index is 0.0177. The molecule has 3 heterocycles. The lowest BCUT2D eigenvalue weighted by Crippen LogP contribution is -2.40. The first-order valence-corrected chi connectivity index (χ1v) is 9.44. The fourth-order valence-corrected chi connectivity index (χ4v) is 3.67. The molecule has 146 valence electrons. The van der Waals surface area contributed by atoms with Gasteiger partial charge in [-0.25, -0.2) is 0 Å².